The maximum atomic E-state index is 11.9. The Hall–Kier alpha value is -2.06. The van der Waals surface area contributed by atoms with Crippen molar-refractivity contribution in [3.63, 3.8) is 0 Å². The Morgan fingerprint density at radius 2 is 2.22 bits per heavy atom. The van der Waals surface area contributed by atoms with E-state index < -0.39 is 10.0 Å². The number of phenolic OH excluding ortho intramolecular Hbond substituents is 1. The number of H-pyrrole nitrogens is 1. The van der Waals surface area contributed by atoms with Crippen LogP contribution in [0.3, 0.4) is 0 Å². The van der Waals surface area contributed by atoms with Gasteiger partial charge in [-0.2, -0.15) is 0 Å². The summed E-state index contributed by atoms with van der Waals surface area (Å²) < 4.78 is 26.2. The Morgan fingerprint density at radius 3 is 2.83 bits per heavy atom. The first-order chi connectivity index (χ1) is 8.49. The molecule has 8 heteroatoms. The van der Waals surface area contributed by atoms with Gasteiger partial charge in [0.05, 0.1) is 17.1 Å². The Bertz CT molecular complexity index is 637. The molecule has 0 radical (unpaired) electrons. The Labute approximate surface area is 104 Å². The maximum Gasteiger partial charge on any atom is 0.241 e. The minimum atomic E-state index is -3.68. The molecule has 0 unspecified atom stereocenters. The van der Waals surface area contributed by atoms with Crippen molar-refractivity contribution >= 4 is 15.7 Å². The number of phenols is 1. The van der Waals surface area contributed by atoms with Gasteiger partial charge in [0.15, 0.2) is 0 Å². The highest BCUT2D eigenvalue weighted by Crippen LogP contribution is 2.22. The standard InChI is InChI=1S/C10H12N4O3S/c11-8-5-7(1-2-9(8)15)18(16,17)14-6-10-12-3-4-13-10/h1-5,14-15H,6,11H2,(H,12,13). The highest BCUT2D eigenvalue weighted by Gasteiger charge is 2.15. The maximum absolute atomic E-state index is 11.9. The lowest BCUT2D eigenvalue weighted by atomic mass is 10.3. The summed E-state index contributed by atoms with van der Waals surface area (Å²) in [5.74, 6) is 0.352. The second-order valence-corrected chi connectivity index (χ2v) is 5.35. The van der Waals surface area contributed by atoms with Crippen LogP contribution in [-0.2, 0) is 16.6 Å². The topological polar surface area (TPSA) is 121 Å². The molecule has 0 aliphatic heterocycles. The molecule has 2 rings (SSSR count). The SMILES string of the molecule is Nc1cc(S(=O)(=O)NCc2ncc[nH]2)ccc1O. The van der Waals surface area contributed by atoms with E-state index in [1.807, 2.05) is 0 Å². The molecule has 1 aromatic carbocycles. The second kappa shape index (κ2) is 4.67. The van der Waals surface area contributed by atoms with Crippen LogP contribution in [-0.4, -0.2) is 23.5 Å². The lowest BCUT2D eigenvalue weighted by Crippen LogP contribution is -2.23. The Balaban J connectivity index is 2.17. The van der Waals surface area contributed by atoms with Crippen molar-refractivity contribution in [2.75, 3.05) is 5.73 Å². The number of aromatic nitrogens is 2. The first kappa shape index (κ1) is 12.4. The summed E-state index contributed by atoms with van der Waals surface area (Å²) in [6.45, 7) is 0.0517. The average molecular weight is 268 g/mol. The van der Waals surface area contributed by atoms with Gasteiger partial charge in [-0.05, 0) is 18.2 Å². The number of nitrogens with one attached hydrogen (secondary N) is 2. The molecule has 5 N–H and O–H groups in total. The number of nitrogens with two attached hydrogens (primary N) is 1. The molecule has 0 aliphatic carbocycles. The van der Waals surface area contributed by atoms with Crippen LogP contribution in [0.2, 0.25) is 0 Å². The molecule has 0 saturated heterocycles. The van der Waals surface area contributed by atoms with Crippen molar-refractivity contribution in [2.24, 2.45) is 0 Å². The zero-order valence-electron chi connectivity index (χ0n) is 9.29. The third-order valence-electron chi connectivity index (χ3n) is 2.29. The van der Waals surface area contributed by atoms with Crippen molar-refractivity contribution in [1.29, 1.82) is 0 Å². The van der Waals surface area contributed by atoms with E-state index in [2.05, 4.69) is 14.7 Å². The van der Waals surface area contributed by atoms with Crippen LogP contribution in [0.1, 0.15) is 5.82 Å². The number of benzene rings is 1. The Kier molecular flexibility index (Phi) is 3.21. The third-order valence-corrected chi connectivity index (χ3v) is 3.69. The van der Waals surface area contributed by atoms with Crippen LogP contribution in [0, 0.1) is 0 Å². The predicted octanol–water partition coefficient (Wildman–Crippen LogP) is 0.176. The van der Waals surface area contributed by atoms with Gasteiger partial charge in [0.2, 0.25) is 10.0 Å². The number of aromatic hydroxyl groups is 1. The molecule has 0 bridgehead atoms. The van der Waals surface area contributed by atoms with Gasteiger partial charge >= 0.3 is 0 Å². The van der Waals surface area contributed by atoms with Crippen LogP contribution in [0.15, 0.2) is 35.5 Å². The van der Waals surface area contributed by atoms with Gasteiger partial charge in [0.25, 0.3) is 0 Å². The smallest absolute Gasteiger partial charge is 0.241 e. The van der Waals surface area contributed by atoms with Gasteiger partial charge in [0, 0.05) is 12.4 Å². The molecular formula is C10H12N4O3S. The zero-order chi connectivity index (χ0) is 13.2. The zero-order valence-corrected chi connectivity index (χ0v) is 10.1. The van der Waals surface area contributed by atoms with Gasteiger partial charge in [-0.15, -0.1) is 0 Å². The molecule has 0 amide bonds. The van der Waals surface area contributed by atoms with Crippen molar-refractivity contribution < 1.29 is 13.5 Å². The molecule has 7 nitrogen and oxygen atoms in total. The van der Waals surface area contributed by atoms with E-state index in [-0.39, 0.29) is 22.9 Å². The number of hydrogen-bond acceptors (Lipinski definition) is 5. The highest BCUT2D eigenvalue weighted by molar-refractivity contribution is 7.89. The van der Waals surface area contributed by atoms with E-state index in [4.69, 9.17) is 5.73 Å². The molecule has 2 aromatic rings. The number of nitrogen functional groups attached to an aromatic ring is 1. The van der Waals surface area contributed by atoms with Crippen molar-refractivity contribution in [2.45, 2.75) is 11.4 Å². The molecule has 1 heterocycles. The van der Waals surface area contributed by atoms with Gasteiger partial charge < -0.3 is 15.8 Å². The van der Waals surface area contributed by atoms with E-state index in [0.717, 1.165) is 0 Å². The number of hydrogen-bond donors (Lipinski definition) is 4. The summed E-state index contributed by atoms with van der Waals surface area (Å²) in [4.78, 5) is 6.67. The monoisotopic (exact) mass is 268 g/mol. The summed E-state index contributed by atoms with van der Waals surface area (Å²) in [6.07, 6.45) is 3.13. The molecule has 0 saturated carbocycles. The summed E-state index contributed by atoms with van der Waals surface area (Å²) in [5.41, 5.74) is 5.46. The van der Waals surface area contributed by atoms with Gasteiger partial charge in [-0.3, -0.25) is 0 Å². The second-order valence-electron chi connectivity index (χ2n) is 3.58. The van der Waals surface area contributed by atoms with Crippen molar-refractivity contribution in [1.82, 2.24) is 14.7 Å². The number of rotatable bonds is 4. The number of nitrogens with zero attached hydrogens (tertiary/aromatic N) is 1. The summed E-state index contributed by atoms with van der Waals surface area (Å²) in [5, 5.41) is 9.23. The number of aromatic amines is 1. The van der Waals surface area contributed by atoms with Gasteiger partial charge in [0.1, 0.15) is 11.6 Å². The van der Waals surface area contributed by atoms with Crippen molar-refractivity contribution in [3.05, 3.63) is 36.4 Å². The number of imidazole rings is 1. The van der Waals surface area contributed by atoms with Crippen LogP contribution in [0.5, 0.6) is 5.75 Å². The quantitative estimate of drug-likeness (QED) is 0.465. The van der Waals surface area contributed by atoms with E-state index >= 15 is 0 Å². The van der Waals surface area contributed by atoms with E-state index in [1.165, 1.54) is 24.4 Å². The van der Waals surface area contributed by atoms with Crippen LogP contribution in [0.4, 0.5) is 5.69 Å². The largest absolute Gasteiger partial charge is 0.506 e. The first-order valence-corrected chi connectivity index (χ1v) is 6.54. The number of anilines is 1. The third kappa shape index (κ3) is 2.60. The van der Waals surface area contributed by atoms with E-state index in [1.54, 1.807) is 6.20 Å². The van der Waals surface area contributed by atoms with Crippen molar-refractivity contribution in [3.8, 4) is 5.75 Å². The summed E-state index contributed by atoms with van der Waals surface area (Å²) in [7, 11) is -3.68. The predicted molar refractivity (Wildman–Crippen MR) is 65.1 cm³/mol. The van der Waals surface area contributed by atoms with Crippen LogP contribution in [0.25, 0.3) is 0 Å². The molecule has 18 heavy (non-hydrogen) atoms. The molecular weight excluding hydrogens is 256 g/mol. The Morgan fingerprint density at radius 1 is 1.44 bits per heavy atom. The van der Waals surface area contributed by atoms with E-state index in [0.29, 0.717) is 5.82 Å². The molecule has 1 aromatic heterocycles. The molecule has 0 aliphatic rings. The van der Waals surface area contributed by atoms with Crippen LogP contribution < -0.4 is 10.5 Å². The lowest BCUT2D eigenvalue weighted by molar-refractivity contribution is 0.477. The summed E-state index contributed by atoms with van der Waals surface area (Å²) >= 11 is 0. The van der Waals surface area contributed by atoms with Gasteiger partial charge in [-0.25, -0.2) is 18.1 Å². The first-order valence-electron chi connectivity index (χ1n) is 5.05. The minimum Gasteiger partial charge on any atom is -0.506 e. The fourth-order valence-corrected chi connectivity index (χ4v) is 2.36. The normalized spacial score (nSPS) is 11.6. The lowest BCUT2D eigenvalue weighted by Gasteiger charge is -2.06. The molecule has 96 valence electrons. The summed E-state index contributed by atoms with van der Waals surface area (Å²) in [6, 6.07) is 3.70. The fourth-order valence-electron chi connectivity index (χ4n) is 1.34. The molecule has 0 spiro atoms. The minimum absolute atomic E-state index is 0.00986. The highest BCUT2D eigenvalue weighted by atomic mass is 32.2. The van der Waals surface area contributed by atoms with E-state index in [9.17, 15) is 13.5 Å². The van der Waals surface area contributed by atoms with Crippen LogP contribution >= 0.6 is 0 Å². The molecule has 0 atom stereocenters. The molecule has 0 fully saturated rings. The fraction of sp³-hybridized carbons (Fsp3) is 0.100. The average Bonchev–Trinajstić information content (AvgIpc) is 2.83. The van der Waals surface area contributed by atoms with Gasteiger partial charge in [-0.1, -0.05) is 0 Å². The number of sulfonamides is 1.